The Bertz CT molecular complexity index is 1590. The smallest absolute Gasteiger partial charge is 0.394 e. The van der Waals surface area contributed by atoms with Crippen LogP contribution in [0, 0.1) is 0 Å². The lowest BCUT2D eigenvalue weighted by atomic mass is 9.85. The molecule has 1 unspecified atom stereocenters. The third-order valence-corrected chi connectivity index (χ3v) is 10.4. The minimum atomic E-state index is -4.42. The summed E-state index contributed by atoms with van der Waals surface area (Å²) in [5.74, 6) is -0.530. The largest absolute Gasteiger partial charge is 0.416 e. The maximum absolute atomic E-state index is 13.1. The second kappa shape index (κ2) is 14.7. The number of hydrogen-bond acceptors (Lipinski definition) is 6. The molecule has 0 spiro atoms. The van der Waals surface area contributed by atoms with E-state index in [9.17, 15) is 36.3 Å². The van der Waals surface area contributed by atoms with Gasteiger partial charge in [0.25, 0.3) is 5.91 Å². The normalized spacial score (nSPS) is 17.8. The summed E-state index contributed by atoms with van der Waals surface area (Å²) in [5, 5.41) is 12.8. The first-order valence-corrected chi connectivity index (χ1v) is 16.9. The van der Waals surface area contributed by atoms with Gasteiger partial charge in [0.05, 0.1) is 28.9 Å². The van der Waals surface area contributed by atoms with E-state index in [1.54, 1.807) is 55.3 Å². The number of piperidine rings is 1. The second-order valence-corrected chi connectivity index (χ2v) is 13.8. The summed E-state index contributed by atoms with van der Waals surface area (Å²) >= 11 is 0. The van der Waals surface area contributed by atoms with E-state index < -0.39 is 40.1 Å². The molecule has 0 saturated carbocycles. The summed E-state index contributed by atoms with van der Waals surface area (Å²) < 4.78 is 63.7. The molecule has 0 aromatic heterocycles. The van der Waals surface area contributed by atoms with Gasteiger partial charge in [0.15, 0.2) is 9.84 Å². The van der Waals surface area contributed by atoms with E-state index in [4.69, 9.17) is 0 Å². The number of hydrogen-bond donors (Lipinski definition) is 2. The zero-order chi connectivity index (χ0) is 33.6. The molecule has 0 radical (unpaired) electrons. The molecule has 1 aliphatic rings. The summed E-state index contributed by atoms with van der Waals surface area (Å²) in [7, 11) is -1.64. The third kappa shape index (κ3) is 8.27. The van der Waals surface area contributed by atoms with Crippen LogP contribution in [0.1, 0.15) is 72.1 Å². The SMILES string of the molecule is CCN(C)C(=O)C[C@@H]1CCC(c2ccc(C(F)(F)F)cc2)CN1c1ccc(C(=O)N[C@@H](CO)c2ccc(S(=O)(=O)CC)cc2)cc1. The highest BCUT2D eigenvalue weighted by atomic mass is 32.2. The zero-order valence-corrected chi connectivity index (χ0v) is 26.9. The number of amides is 2. The summed E-state index contributed by atoms with van der Waals surface area (Å²) in [6.45, 7) is 4.11. The number of rotatable bonds is 11. The molecule has 46 heavy (non-hydrogen) atoms. The predicted molar refractivity (Wildman–Crippen MR) is 170 cm³/mol. The lowest BCUT2D eigenvalue weighted by Gasteiger charge is -2.42. The van der Waals surface area contributed by atoms with Gasteiger partial charge in [-0.25, -0.2) is 8.42 Å². The summed E-state index contributed by atoms with van der Waals surface area (Å²) in [5.41, 5.74) is 1.75. The Labute approximate surface area is 268 Å². The summed E-state index contributed by atoms with van der Waals surface area (Å²) in [6.07, 6.45) is -2.76. The van der Waals surface area contributed by atoms with Gasteiger partial charge in [-0.05, 0) is 79.4 Å². The fraction of sp³-hybridized carbons (Fsp3) is 0.412. The van der Waals surface area contributed by atoms with Crippen molar-refractivity contribution >= 4 is 27.3 Å². The second-order valence-electron chi connectivity index (χ2n) is 11.5. The number of aliphatic hydroxyl groups excluding tert-OH is 1. The molecule has 3 aromatic carbocycles. The first-order chi connectivity index (χ1) is 21.8. The molecular formula is C34H40F3N3O5S. The highest BCUT2D eigenvalue weighted by molar-refractivity contribution is 7.91. The maximum Gasteiger partial charge on any atom is 0.416 e. The lowest BCUT2D eigenvalue weighted by molar-refractivity contribution is -0.137. The van der Waals surface area contributed by atoms with Crippen molar-refractivity contribution in [2.75, 3.05) is 37.4 Å². The number of nitrogens with one attached hydrogen (secondary N) is 1. The minimum Gasteiger partial charge on any atom is -0.394 e. The van der Waals surface area contributed by atoms with E-state index in [1.807, 2.05) is 6.92 Å². The molecule has 8 nitrogen and oxygen atoms in total. The van der Waals surface area contributed by atoms with Crippen molar-refractivity contribution in [2.45, 2.75) is 62.2 Å². The van der Waals surface area contributed by atoms with Gasteiger partial charge >= 0.3 is 6.18 Å². The number of anilines is 1. The van der Waals surface area contributed by atoms with Crippen LogP contribution in [-0.4, -0.2) is 68.8 Å². The van der Waals surface area contributed by atoms with E-state index in [0.29, 0.717) is 37.1 Å². The Morgan fingerprint density at radius 1 is 0.978 bits per heavy atom. The van der Waals surface area contributed by atoms with Gasteiger partial charge in [0, 0.05) is 49.8 Å². The molecule has 1 aliphatic heterocycles. The molecule has 1 fully saturated rings. The highest BCUT2D eigenvalue weighted by Crippen LogP contribution is 2.36. The number of benzene rings is 3. The highest BCUT2D eigenvalue weighted by Gasteiger charge is 2.33. The molecule has 3 aromatic rings. The van der Waals surface area contributed by atoms with E-state index in [-0.39, 0.29) is 34.9 Å². The number of alkyl halides is 3. The topological polar surface area (TPSA) is 107 Å². The average Bonchev–Trinajstić information content (AvgIpc) is 3.06. The molecule has 12 heteroatoms. The van der Waals surface area contributed by atoms with Gasteiger partial charge in [0.1, 0.15) is 0 Å². The molecule has 1 saturated heterocycles. The van der Waals surface area contributed by atoms with Gasteiger partial charge in [-0.3, -0.25) is 9.59 Å². The molecular weight excluding hydrogens is 619 g/mol. The Balaban J connectivity index is 1.52. The first-order valence-electron chi connectivity index (χ1n) is 15.3. The van der Waals surface area contributed by atoms with Crippen LogP contribution in [0.3, 0.4) is 0 Å². The number of aliphatic hydroxyl groups is 1. The first kappa shape index (κ1) is 35.0. The molecule has 0 aliphatic carbocycles. The van der Waals surface area contributed by atoms with Crippen molar-refractivity contribution in [2.24, 2.45) is 0 Å². The maximum atomic E-state index is 13.1. The van der Waals surface area contributed by atoms with Crippen molar-refractivity contribution in [1.29, 1.82) is 0 Å². The van der Waals surface area contributed by atoms with Crippen LogP contribution in [-0.2, 0) is 20.8 Å². The van der Waals surface area contributed by atoms with Crippen LogP contribution in [0.15, 0.2) is 77.7 Å². The minimum absolute atomic E-state index is 0.00292. The Kier molecular flexibility index (Phi) is 11.2. The van der Waals surface area contributed by atoms with Crippen molar-refractivity contribution < 1.29 is 36.3 Å². The molecule has 4 rings (SSSR count). The van der Waals surface area contributed by atoms with E-state index in [2.05, 4.69) is 10.2 Å². The molecule has 1 heterocycles. The zero-order valence-electron chi connectivity index (χ0n) is 26.1. The number of carbonyl (C=O) groups excluding carboxylic acids is 2. The van der Waals surface area contributed by atoms with Gasteiger partial charge in [0.2, 0.25) is 5.91 Å². The van der Waals surface area contributed by atoms with Crippen LogP contribution < -0.4 is 10.2 Å². The quantitative estimate of drug-likeness (QED) is 0.278. The number of carbonyl (C=O) groups is 2. The molecule has 0 bridgehead atoms. The Hall–Kier alpha value is -3.90. The fourth-order valence-electron chi connectivity index (χ4n) is 5.66. The predicted octanol–water partition coefficient (Wildman–Crippen LogP) is 5.58. The molecule has 2 amide bonds. The monoisotopic (exact) mass is 659 g/mol. The van der Waals surface area contributed by atoms with Crippen molar-refractivity contribution in [3.05, 3.63) is 95.1 Å². The van der Waals surface area contributed by atoms with Crippen LogP contribution in [0.4, 0.5) is 18.9 Å². The van der Waals surface area contributed by atoms with Gasteiger partial charge < -0.3 is 20.2 Å². The van der Waals surface area contributed by atoms with Crippen molar-refractivity contribution in [1.82, 2.24) is 10.2 Å². The fourth-order valence-corrected chi connectivity index (χ4v) is 6.54. The molecule has 248 valence electrons. The van der Waals surface area contributed by atoms with E-state index in [0.717, 1.165) is 23.4 Å². The number of nitrogens with zero attached hydrogens (tertiary/aromatic N) is 2. The lowest BCUT2D eigenvalue weighted by Crippen LogP contribution is -2.45. The van der Waals surface area contributed by atoms with Gasteiger partial charge in [-0.2, -0.15) is 13.2 Å². The molecule has 3 atom stereocenters. The van der Waals surface area contributed by atoms with Crippen LogP contribution >= 0.6 is 0 Å². The number of halogens is 3. The van der Waals surface area contributed by atoms with Crippen LogP contribution in [0.2, 0.25) is 0 Å². The van der Waals surface area contributed by atoms with Crippen LogP contribution in [0.5, 0.6) is 0 Å². The Morgan fingerprint density at radius 2 is 1.61 bits per heavy atom. The van der Waals surface area contributed by atoms with Crippen LogP contribution in [0.25, 0.3) is 0 Å². The standard InChI is InChI=1S/C34H40F3N3O5S/c1-4-39(3)32(42)20-29-17-10-26(23-6-13-27(14-7-23)34(35,36)37)21-40(29)28-15-8-25(9-16-28)33(43)38-31(22-41)24-11-18-30(19-12-24)46(44,45)5-2/h6-9,11-16,18-19,26,29,31,41H,4-5,10,17,20-22H2,1-3H3,(H,38,43)/t26?,29-,31-/m0/s1. The van der Waals surface area contributed by atoms with Gasteiger partial charge in [-0.1, -0.05) is 31.2 Å². The number of sulfone groups is 1. The van der Waals surface area contributed by atoms with Crippen molar-refractivity contribution in [3.8, 4) is 0 Å². The summed E-state index contributed by atoms with van der Waals surface area (Å²) in [6, 6.07) is 17.2. The van der Waals surface area contributed by atoms with Gasteiger partial charge in [-0.15, -0.1) is 0 Å². The van der Waals surface area contributed by atoms with E-state index >= 15 is 0 Å². The third-order valence-electron chi connectivity index (χ3n) is 8.70. The van der Waals surface area contributed by atoms with E-state index in [1.165, 1.54) is 24.3 Å². The summed E-state index contributed by atoms with van der Waals surface area (Å²) in [4.78, 5) is 29.9. The Morgan fingerprint density at radius 3 is 2.15 bits per heavy atom. The molecule has 2 N–H and O–H groups in total. The average molecular weight is 660 g/mol. The van der Waals surface area contributed by atoms with Crippen molar-refractivity contribution in [3.63, 3.8) is 0 Å².